The SMILES string of the molecule is CCC(=O)Nc1ccc(S(=O)(=O)N2CCN(c3nnnn3-c3ccccc3)CC2)cc1. The number of nitrogens with zero attached hydrogens (tertiary/aromatic N) is 6. The highest BCUT2D eigenvalue weighted by molar-refractivity contribution is 7.89. The van der Waals surface area contributed by atoms with Crippen LogP contribution in [0.5, 0.6) is 0 Å². The number of para-hydroxylation sites is 1. The topological polar surface area (TPSA) is 113 Å². The predicted molar refractivity (Wildman–Crippen MR) is 115 cm³/mol. The molecule has 1 amide bonds. The molecule has 2 aromatic carbocycles. The van der Waals surface area contributed by atoms with Crippen LogP contribution in [0.15, 0.2) is 59.5 Å². The summed E-state index contributed by atoms with van der Waals surface area (Å²) in [5.74, 6) is 0.462. The monoisotopic (exact) mass is 441 g/mol. The van der Waals surface area contributed by atoms with E-state index in [1.807, 2.05) is 35.2 Å². The average Bonchev–Trinajstić information content (AvgIpc) is 3.30. The molecule has 1 fully saturated rings. The first-order valence-electron chi connectivity index (χ1n) is 9.98. The Morgan fingerprint density at radius 1 is 1.00 bits per heavy atom. The van der Waals surface area contributed by atoms with Crippen molar-refractivity contribution in [2.45, 2.75) is 18.2 Å². The van der Waals surface area contributed by atoms with Crippen molar-refractivity contribution in [1.82, 2.24) is 24.5 Å². The second-order valence-corrected chi connectivity index (χ2v) is 8.98. The Labute approximate surface area is 180 Å². The van der Waals surface area contributed by atoms with E-state index in [-0.39, 0.29) is 10.8 Å². The van der Waals surface area contributed by atoms with Gasteiger partial charge in [-0.25, -0.2) is 8.42 Å². The van der Waals surface area contributed by atoms with Crippen LogP contribution in [0.3, 0.4) is 0 Å². The normalized spacial score (nSPS) is 15.1. The van der Waals surface area contributed by atoms with E-state index in [9.17, 15) is 13.2 Å². The predicted octanol–water partition coefficient (Wildman–Crippen LogP) is 1.52. The van der Waals surface area contributed by atoms with Crippen LogP contribution in [0.25, 0.3) is 5.69 Å². The zero-order valence-electron chi connectivity index (χ0n) is 17.0. The second-order valence-electron chi connectivity index (χ2n) is 7.04. The molecule has 0 spiro atoms. The van der Waals surface area contributed by atoms with Gasteiger partial charge in [-0.15, -0.1) is 0 Å². The number of aromatic nitrogens is 4. The molecule has 0 atom stereocenters. The Kier molecular flexibility index (Phi) is 5.96. The molecular formula is C20H23N7O3S. The third-order valence-electron chi connectivity index (χ3n) is 5.07. The average molecular weight is 442 g/mol. The van der Waals surface area contributed by atoms with Crippen LogP contribution in [0, 0.1) is 0 Å². The van der Waals surface area contributed by atoms with Gasteiger partial charge in [0.25, 0.3) is 0 Å². The molecule has 0 unspecified atom stereocenters. The molecule has 0 saturated carbocycles. The number of carbonyl (C=O) groups excluding carboxylic acids is 1. The quantitative estimate of drug-likeness (QED) is 0.617. The lowest BCUT2D eigenvalue weighted by Gasteiger charge is -2.34. The van der Waals surface area contributed by atoms with Crippen molar-refractivity contribution in [3.05, 3.63) is 54.6 Å². The van der Waals surface area contributed by atoms with E-state index in [0.717, 1.165) is 5.69 Å². The first kappa shape index (κ1) is 20.9. The summed E-state index contributed by atoms with van der Waals surface area (Å²) in [7, 11) is -3.63. The van der Waals surface area contributed by atoms with Crippen LogP contribution in [0.4, 0.5) is 11.6 Å². The molecule has 1 aliphatic heterocycles. The molecule has 4 rings (SSSR count). The minimum Gasteiger partial charge on any atom is -0.337 e. The zero-order chi connectivity index (χ0) is 21.8. The fourth-order valence-corrected chi connectivity index (χ4v) is 4.78. The van der Waals surface area contributed by atoms with Crippen molar-refractivity contribution in [3.8, 4) is 5.69 Å². The largest absolute Gasteiger partial charge is 0.337 e. The number of carbonyl (C=O) groups is 1. The van der Waals surface area contributed by atoms with Crippen molar-refractivity contribution in [1.29, 1.82) is 0 Å². The number of anilines is 2. The molecule has 162 valence electrons. The molecule has 10 nitrogen and oxygen atoms in total. The van der Waals surface area contributed by atoms with Crippen molar-refractivity contribution < 1.29 is 13.2 Å². The van der Waals surface area contributed by atoms with Crippen LogP contribution in [0.2, 0.25) is 0 Å². The lowest BCUT2D eigenvalue weighted by atomic mass is 10.3. The maximum absolute atomic E-state index is 13.0. The highest BCUT2D eigenvalue weighted by Crippen LogP contribution is 2.22. The molecule has 1 saturated heterocycles. The first-order chi connectivity index (χ1) is 15.0. The smallest absolute Gasteiger partial charge is 0.250 e. The number of hydrogen-bond donors (Lipinski definition) is 1. The Hall–Kier alpha value is -3.31. The van der Waals surface area contributed by atoms with Crippen molar-refractivity contribution in [3.63, 3.8) is 0 Å². The Morgan fingerprint density at radius 2 is 1.68 bits per heavy atom. The third kappa shape index (κ3) is 4.42. The lowest BCUT2D eigenvalue weighted by Crippen LogP contribution is -2.49. The summed E-state index contributed by atoms with van der Waals surface area (Å²) in [6.45, 7) is 3.33. The number of nitrogens with one attached hydrogen (secondary N) is 1. The van der Waals surface area contributed by atoms with E-state index in [4.69, 9.17) is 0 Å². The van der Waals surface area contributed by atoms with Gasteiger partial charge in [-0.3, -0.25) is 4.79 Å². The second kappa shape index (κ2) is 8.82. The highest BCUT2D eigenvalue weighted by Gasteiger charge is 2.30. The lowest BCUT2D eigenvalue weighted by molar-refractivity contribution is -0.115. The van der Waals surface area contributed by atoms with Gasteiger partial charge in [-0.2, -0.15) is 8.99 Å². The first-order valence-corrected chi connectivity index (χ1v) is 11.4. The molecule has 1 aliphatic rings. The van der Waals surface area contributed by atoms with Gasteiger partial charge in [0.15, 0.2) is 0 Å². The molecule has 11 heteroatoms. The number of tetrazole rings is 1. The van der Waals surface area contributed by atoms with Crippen LogP contribution in [-0.4, -0.2) is 65.0 Å². The Bertz CT molecular complexity index is 1140. The minimum atomic E-state index is -3.63. The third-order valence-corrected chi connectivity index (χ3v) is 6.99. The summed E-state index contributed by atoms with van der Waals surface area (Å²) in [5.41, 5.74) is 1.41. The summed E-state index contributed by atoms with van der Waals surface area (Å²) in [6, 6.07) is 15.8. The van der Waals surface area contributed by atoms with E-state index in [1.165, 1.54) is 16.4 Å². The Balaban J connectivity index is 1.44. The summed E-state index contributed by atoms with van der Waals surface area (Å²) in [4.78, 5) is 13.7. The summed E-state index contributed by atoms with van der Waals surface area (Å²) < 4.78 is 29.2. The summed E-state index contributed by atoms with van der Waals surface area (Å²) in [5, 5.41) is 14.7. The van der Waals surface area contributed by atoms with E-state index < -0.39 is 10.0 Å². The van der Waals surface area contributed by atoms with E-state index >= 15 is 0 Å². The molecule has 0 radical (unpaired) electrons. The molecule has 1 aromatic heterocycles. The number of hydrogen-bond acceptors (Lipinski definition) is 7. The van der Waals surface area contributed by atoms with E-state index in [2.05, 4.69) is 20.8 Å². The molecule has 3 aromatic rings. The number of benzene rings is 2. The van der Waals surface area contributed by atoms with Gasteiger partial charge in [0.2, 0.25) is 21.9 Å². The number of rotatable bonds is 6. The van der Waals surface area contributed by atoms with Gasteiger partial charge in [0.1, 0.15) is 0 Å². The number of sulfonamides is 1. The van der Waals surface area contributed by atoms with Gasteiger partial charge in [0, 0.05) is 38.3 Å². The van der Waals surface area contributed by atoms with Crippen LogP contribution in [0.1, 0.15) is 13.3 Å². The van der Waals surface area contributed by atoms with Crippen molar-refractivity contribution in [2.75, 3.05) is 36.4 Å². The molecule has 0 aliphatic carbocycles. The van der Waals surface area contributed by atoms with Crippen molar-refractivity contribution >= 4 is 27.6 Å². The van der Waals surface area contributed by atoms with Crippen molar-refractivity contribution in [2.24, 2.45) is 0 Å². The fraction of sp³-hybridized carbons (Fsp3) is 0.300. The van der Waals surface area contributed by atoms with Gasteiger partial charge in [0.05, 0.1) is 10.6 Å². The maximum atomic E-state index is 13.0. The van der Waals surface area contributed by atoms with Gasteiger partial charge >= 0.3 is 0 Å². The molecular weight excluding hydrogens is 418 g/mol. The summed E-state index contributed by atoms with van der Waals surface area (Å²) in [6.07, 6.45) is 0.359. The molecule has 0 bridgehead atoms. The number of amides is 1. The highest BCUT2D eigenvalue weighted by atomic mass is 32.2. The maximum Gasteiger partial charge on any atom is 0.250 e. The van der Waals surface area contributed by atoms with Gasteiger partial charge in [-0.1, -0.05) is 30.2 Å². The van der Waals surface area contributed by atoms with Crippen LogP contribution < -0.4 is 10.2 Å². The number of piperazine rings is 1. The molecule has 31 heavy (non-hydrogen) atoms. The van der Waals surface area contributed by atoms with Gasteiger partial charge < -0.3 is 10.2 Å². The van der Waals surface area contributed by atoms with E-state index in [1.54, 1.807) is 23.7 Å². The van der Waals surface area contributed by atoms with Crippen LogP contribution in [-0.2, 0) is 14.8 Å². The molecule has 2 heterocycles. The molecule has 1 N–H and O–H groups in total. The fourth-order valence-electron chi connectivity index (χ4n) is 3.35. The van der Waals surface area contributed by atoms with Gasteiger partial charge in [-0.05, 0) is 46.8 Å². The summed E-state index contributed by atoms with van der Waals surface area (Å²) >= 11 is 0. The van der Waals surface area contributed by atoms with E-state index in [0.29, 0.717) is 44.2 Å². The minimum absolute atomic E-state index is 0.121. The Morgan fingerprint density at radius 3 is 2.32 bits per heavy atom. The van der Waals surface area contributed by atoms with Crippen LogP contribution >= 0.6 is 0 Å². The standard InChI is InChI=1S/C20H23N7O3S/c1-2-19(28)21-16-8-10-18(11-9-16)31(29,30)26-14-12-25(13-15-26)20-22-23-24-27(20)17-6-4-3-5-7-17/h3-11H,2,12-15H2,1H3,(H,21,28). The zero-order valence-corrected chi connectivity index (χ0v) is 17.9.